The van der Waals surface area contributed by atoms with Crippen molar-refractivity contribution in [3.8, 4) is 0 Å². The molecule has 0 N–H and O–H groups in total. The van der Waals surface area contributed by atoms with Crippen LogP contribution in [0.15, 0.2) is 41.3 Å². The van der Waals surface area contributed by atoms with Crippen LogP contribution in [0, 0.1) is 0 Å². The zero-order valence-electron chi connectivity index (χ0n) is 15.2. The van der Waals surface area contributed by atoms with E-state index in [2.05, 4.69) is 6.07 Å². The minimum absolute atomic E-state index is 0.00400. The standard InChI is InChI=1S/C20H18Cl2N2O2S2/c1-27-14-5-7-17-18(10-14)28-20(23-17)24(11-13-3-2-8-26-13)19(25)15-9-12(21)4-6-16(15)22/h4-7,9-10,13H,2-3,8,11H2,1H3. The van der Waals surface area contributed by atoms with Gasteiger partial charge in [-0.2, -0.15) is 0 Å². The maximum atomic E-state index is 13.4. The first kappa shape index (κ1) is 20.0. The van der Waals surface area contributed by atoms with Crippen LogP contribution in [0.25, 0.3) is 10.2 Å². The second-order valence-electron chi connectivity index (χ2n) is 6.51. The van der Waals surface area contributed by atoms with Gasteiger partial charge in [0.15, 0.2) is 5.13 Å². The molecule has 1 aliphatic heterocycles. The molecule has 28 heavy (non-hydrogen) atoms. The Morgan fingerprint density at radius 1 is 1.32 bits per heavy atom. The molecule has 0 bridgehead atoms. The van der Waals surface area contributed by atoms with Crippen molar-refractivity contribution in [2.24, 2.45) is 0 Å². The SMILES string of the molecule is CSc1ccc2nc(N(CC3CCCO3)C(=O)c3cc(Cl)ccc3Cl)sc2c1. The Labute approximate surface area is 181 Å². The number of ether oxygens (including phenoxy) is 1. The van der Waals surface area contributed by atoms with Gasteiger partial charge >= 0.3 is 0 Å². The highest BCUT2D eigenvalue weighted by Crippen LogP contribution is 2.34. The summed E-state index contributed by atoms with van der Waals surface area (Å²) in [6.07, 6.45) is 3.96. The van der Waals surface area contributed by atoms with E-state index in [-0.39, 0.29) is 12.0 Å². The molecule has 1 unspecified atom stereocenters. The van der Waals surface area contributed by atoms with E-state index in [1.807, 2.05) is 18.4 Å². The van der Waals surface area contributed by atoms with E-state index in [0.717, 1.165) is 34.6 Å². The first-order valence-corrected chi connectivity index (χ1v) is 11.7. The van der Waals surface area contributed by atoms with Crippen LogP contribution in [0.5, 0.6) is 0 Å². The first-order valence-electron chi connectivity index (χ1n) is 8.88. The Morgan fingerprint density at radius 2 is 2.18 bits per heavy atom. The van der Waals surface area contributed by atoms with Crippen LogP contribution in [-0.4, -0.2) is 36.4 Å². The van der Waals surface area contributed by atoms with Crippen molar-refractivity contribution in [2.45, 2.75) is 23.8 Å². The lowest BCUT2D eigenvalue weighted by molar-refractivity contribution is 0.0917. The summed E-state index contributed by atoms with van der Waals surface area (Å²) in [7, 11) is 0. The number of hydrogen-bond acceptors (Lipinski definition) is 5. The normalized spacial score (nSPS) is 16.6. The smallest absolute Gasteiger partial charge is 0.261 e. The van der Waals surface area contributed by atoms with Gasteiger partial charge in [-0.05, 0) is 55.5 Å². The number of halogens is 2. The summed E-state index contributed by atoms with van der Waals surface area (Å²) in [5.41, 5.74) is 1.25. The van der Waals surface area contributed by atoms with Crippen LogP contribution in [0.3, 0.4) is 0 Å². The second-order valence-corrected chi connectivity index (χ2v) is 9.24. The number of carbonyl (C=O) groups excluding carboxylic acids is 1. The van der Waals surface area contributed by atoms with Gasteiger partial charge in [0.25, 0.3) is 5.91 Å². The average molecular weight is 453 g/mol. The molecule has 1 fully saturated rings. The Morgan fingerprint density at radius 3 is 2.93 bits per heavy atom. The second kappa shape index (κ2) is 8.59. The zero-order chi connectivity index (χ0) is 19.7. The molecule has 3 aromatic rings. The summed E-state index contributed by atoms with van der Waals surface area (Å²) < 4.78 is 6.82. The predicted molar refractivity (Wildman–Crippen MR) is 119 cm³/mol. The first-order chi connectivity index (χ1) is 13.5. The maximum absolute atomic E-state index is 13.4. The van der Waals surface area contributed by atoms with Crippen molar-refractivity contribution in [3.63, 3.8) is 0 Å². The van der Waals surface area contributed by atoms with E-state index in [1.54, 1.807) is 34.9 Å². The summed E-state index contributed by atoms with van der Waals surface area (Å²) in [6, 6.07) is 11.0. The molecular weight excluding hydrogens is 435 g/mol. The number of anilines is 1. The average Bonchev–Trinajstić information content (AvgIpc) is 3.36. The topological polar surface area (TPSA) is 42.4 Å². The molecule has 4 nitrogen and oxygen atoms in total. The minimum atomic E-state index is -0.216. The van der Waals surface area contributed by atoms with Crippen molar-refractivity contribution in [1.29, 1.82) is 0 Å². The van der Waals surface area contributed by atoms with Crippen LogP contribution in [-0.2, 0) is 4.74 Å². The summed E-state index contributed by atoms with van der Waals surface area (Å²) in [6.45, 7) is 1.17. The van der Waals surface area contributed by atoms with Gasteiger partial charge in [0.1, 0.15) is 0 Å². The van der Waals surface area contributed by atoms with Gasteiger partial charge in [0, 0.05) is 16.5 Å². The van der Waals surface area contributed by atoms with Crippen LogP contribution >= 0.6 is 46.3 Å². The van der Waals surface area contributed by atoms with Gasteiger partial charge < -0.3 is 4.74 Å². The monoisotopic (exact) mass is 452 g/mol. The van der Waals surface area contributed by atoms with E-state index < -0.39 is 0 Å². The lowest BCUT2D eigenvalue weighted by Gasteiger charge is -2.23. The third-order valence-corrected chi connectivity index (χ3v) is 6.96. The number of thiazole rings is 1. The van der Waals surface area contributed by atoms with Crippen LogP contribution in [0.2, 0.25) is 10.0 Å². The highest BCUT2D eigenvalue weighted by atomic mass is 35.5. The predicted octanol–water partition coefficient (Wildman–Crippen LogP) is 6.15. The van der Waals surface area contributed by atoms with E-state index >= 15 is 0 Å². The molecule has 1 atom stereocenters. The lowest BCUT2D eigenvalue weighted by Crippen LogP contribution is -2.37. The molecule has 1 amide bonds. The number of nitrogens with zero attached hydrogens (tertiary/aromatic N) is 2. The highest BCUT2D eigenvalue weighted by Gasteiger charge is 2.28. The molecule has 0 saturated carbocycles. The number of aromatic nitrogens is 1. The van der Waals surface area contributed by atoms with E-state index in [1.165, 1.54) is 11.3 Å². The Bertz CT molecular complexity index is 1020. The third-order valence-electron chi connectivity index (χ3n) is 4.63. The number of rotatable bonds is 5. The number of amides is 1. The Kier molecular flexibility index (Phi) is 6.13. The number of carbonyl (C=O) groups is 1. The molecule has 4 rings (SSSR count). The number of thioether (sulfide) groups is 1. The number of fused-ring (bicyclic) bond motifs is 1. The molecule has 2 aromatic carbocycles. The van der Waals surface area contributed by atoms with Gasteiger partial charge in [-0.15, -0.1) is 11.8 Å². The summed E-state index contributed by atoms with van der Waals surface area (Å²) in [5, 5.41) is 1.49. The molecule has 1 aliphatic rings. The van der Waals surface area contributed by atoms with Crippen LogP contribution in [0.1, 0.15) is 23.2 Å². The fourth-order valence-electron chi connectivity index (χ4n) is 3.18. The van der Waals surface area contributed by atoms with Crippen molar-refractivity contribution < 1.29 is 9.53 Å². The molecule has 0 aliphatic carbocycles. The van der Waals surface area contributed by atoms with Gasteiger partial charge in [-0.25, -0.2) is 4.98 Å². The number of hydrogen-bond donors (Lipinski definition) is 0. The summed E-state index contributed by atoms with van der Waals surface area (Å²) in [4.78, 5) is 20.9. The van der Waals surface area contributed by atoms with Crippen LogP contribution in [0.4, 0.5) is 5.13 Å². The third kappa shape index (κ3) is 4.16. The zero-order valence-corrected chi connectivity index (χ0v) is 18.3. The van der Waals surface area contributed by atoms with Crippen molar-refractivity contribution >= 4 is 67.6 Å². The Balaban J connectivity index is 1.74. The fraction of sp³-hybridized carbons (Fsp3) is 0.300. The molecule has 0 spiro atoms. The van der Waals surface area contributed by atoms with E-state index in [0.29, 0.717) is 27.3 Å². The van der Waals surface area contributed by atoms with Crippen molar-refractivity contribution in [2.75, 3.05) is 24.3 Å². The molecule has 146 valence electrons. The van der Waals surface area contributed by atoms with Crippen molar-refractivity contribution in [1.82, 2.24) is 4.98 Å². The van der Waals surface area contributed by atoms with Gasteiger partial charge in [0.2, 0.25) is 0 Å². The quantitative estimate of drug-likeness (QED) is 0.435. The molecule has 0 radical (unpaired) electrons. The molecule has 2 heterocycles. The molecule has 8 heteroatoms. The summed E-state index contributed by atoms with van der Waals surface area (Å²) in [5.74, 6) is -0.216. The van der Waals surface area contributed by atoms with E-state index in [9.17, 15) is 4.79 Å². The van der Waals surface area contributed by atoms with Gasteiger partial charge in [-0.3, -0.25) is 9.69 Å². The minimum Gasteiger partial charge on any atom is -0.376 e. The maximum Gasteiger partial charge on any atom is 0.261 e. The summed E-state index contributed by atoms with van der Waals surface area (Å²) >= 11 is 15.6. The lowest BCUT2D eigenvalue weighted by atomic mass is 10.1. The van der Waals surface area contributed by atoms with Gasteiger partial charge in [0.05, 0.1) is 33.5 Å². The van der Waals surface area contributed by atoms with Crippen molar-refractivity contribution in [3.05, 3.63) is 52.0 Å². The molecular formula is C20H18Cl2N2O2S2. The largest absolute Gasteiger partial charge is 0.376 e. The highest BCUT2D eigenvalue weighted by molar-refractivity contribution is 7.98. The number of benzene rings is 2. The molecule has 1 aromatic heterocycles. The van der Waals surface area contributed by atoms with Crippen LogP contribution < -0.4 is 4.90 Å². The van der Waals surface area contributed by atoms with E-state index in [4.69, 9.17) is 32.9 Å². The molecule has 1 saturated heterocycles. The fourth-order valence-corrected chi connectivity index (χ4v) is 5.08. The Hall–Kier alpha value is -1.31. The van der Waals surface area contributed by atoms with Gasteiger partial charge in [-0.1, -0.05) is 34.5 Å².